The largest absolute Gasteiger partial charge is 0.491 e. The van der Waals surface area contributed by atoms with Crippen LogP contribution in [0.4, 0.5) is 10.2 Å². The van der Waals surface area contributed by atoms with Gasteiger partial charge >= 0.3 is 0 Å². The van der Waals surface area contributed by atoms with Gasteiger partial charge in [-0.25, -0.2) is 24.1 Å². The number of carbonyl (C=O) groups excluding carboxylic acids is 1. The maximum absolute atomic E-state index is 14.5. The molecule has 12 heteroatoms. The molecule has 0 spiro atoms. The number of anilines is 1. The lowest BCUT2D eigenvalue weighted by atomic mass is 10.1. The third-order valence-electron chi connectivity index (χ3n) is 5.62. The number of ether oxygens (including phenoxy) is 2. The van der Waals surface area contributed by atoms with Gasteiger partial charge in [0, 0.05) is 24.0 Å². The van der Waals surface area contributed by atoms with E-state index in [1.807, 2.05) is 51.5 Å². The summed E-state index contributed by atoms with van der Waals surface area (Å²) in [6, 6.07) is 10.7. The number of nitrogens with zero attached hydrogens (tertiary/aromatic N) is 3. The first-order chi connectivity index (χ1) is 18.8. The summed E-state index contributed by atoms with van der Waals surface area (Å²) in [4.78, 5) is 25.2. The van der Waals surface area contributed by atoms with Crippen molar-refractivity contribution in [1.82, 2.24) is 19.7 Å². The Morgan fingerprint density at radius 1 is 1.00 bits per heavy atom. The van der Waals surface area contributed by atoms with Gasteiger partial charge < -0.3 is 15.2 Å². The van der Waals surface area contributed by atoms with Gasteiger partial charge in [-0.15, -0.1) is 0 Å². The topological polar surface area (TPSA) is 146 Å². The van der Waals surface area contributed by atoms with Crippen molar-refractivity contribution in [2.45, 2.75) is 45.7 Å². The fourth-order valence-electron chi connectivity index (χ4n) is 4.10. The van der Waals surface area contributed by atoms with Crippen LogP contribution in [-0.2, 0) is 10.0 Å². The van der Waals surface area contributed by atoms with Crippen LogP contribution in [0.1, 0.15) is 40.9 Å². The van der Waals surface area contributed by atoms with Gasteiger partial charge in [-0.05, 0) is 70.0 Å². The van der Waals surface area contributed by atoms with E-state index < -0.39 is 26.8 Å². The highest BCUT2D eigenvalue weighted by Gasteiger charge is 2.26. The third kappa shape index (κ3) is 6.34. The second-order valence-electron chi connectivity index (χ2n) is 9.40. The molecule has 4 aromatic rings. The highest BCUT2D eigenvalue weighted by molar-refractivity contribution is 7.90. The molecule has 0 atom stereocenters. The predicted octanol–water partition coefficient (Wildman–Crippen LogP) is 4.88. The van der Waals surface area contributed by atoms with Crippen molar-refractivity contribution < 1.29 is 27.1 Å². The van der Waals surface area contributed by atoms with Crippen LogP contribution >= 0.6 is 0 Å². The minimum Gasteiger partial charge on any atom is -0.491 e. The predicted molar refractivity (Wildman–Crippen MR) is 147 cm³/mol. The zero-order valence-corrected chi connectivity index (χ0v) is 23.3. The van der Waals surface area contributed by atoms with Crippen molar-refractivity contribution in [2.75, 3.05) is 5.73 Å². The Morgan fingerprint density at radius 3 is 2.33 bits per heavy atom. The van der Waals surface area contributed by atoms with Gasteiger partial charge in [0.05, 0.1) is 11.8 Å². The number of rotatable bonds is 8. The number of pyridine rings is 1. The number of amides is 1. The first-order valence-electron chi connectivity index (χ1n) is 12.2. The Bertz CT molecular complexity index is 1690. The standard InChI is InChI=1S/C28H28FN5O5S/c1-15(2)38-21-13-19(12-20(29)14-21)23-7-6-22(26(35)34-40(36,37)28-25(30)31-8-9-32-28)27(33-23)39-24-17(4)10-16(3)11-18(24)5/h6-15H,1-5H3,(H2,30,31)(H,34,35). The molecule has 40 heavy (non-hydrogen) atoms. The number of hydrogen-bond donors (Lipinski definition) is 2. The van der Waals surface area contributed by atoms with Crippen molar-refractivity contribution in [3.8, 4) is 28.6 Å². The molecule has 3 N–H and O–H groups in total. The second kappa shape index (κ2) is 11.3. The number of nitrogens with one attached hydrogen (secondary N) is 1. The molecule has 0 saturated carbocycles. The molecule has 2 aromatic carbocycles. The van der Waals surface area contributed by atoms with Crippen molar-refractivity contribution in [2.24, 2.45) is 0 Å². The molecule has 0 aliphatic carbocycles. The molecule has 0 radical (unpaired) electrons. The number of benzene rings is 2. The van der Waals surface area contributed by atoms with Gasteiger partial charge in [-0.3, -0.25) is 4.79 Å². The van der Waals surface area contributed by atoms with Crippen molar-refractivity contribution >= 4 is 21.7 Å². The molecule has 2 heterocycles. The van der Waals surface area contributed by atoms with E-state index in [1.54, 1.807) is 6.07 Å². The van der Waals surface area contributed by atoms with Crippen LogP contribution in [0.2, 0.25) is 0 Å². The van der Waals surface area contributed by atoms with E-state index in [9.17, 15) is 17.6 Å². The average Bonchev–Trinajstić information content (AvgIpc) is 2.85. The molecule has 2 aromatic heterocycles. The molecule has 4 rings (SSSR count). The first-order valence-corrected chi connectivity index (χ1v) is 13.7. The van der Waals surface area contributed by atoms with Crippen molar-refractivity contribution in [3.05, 3.63) is 82.9 Å². The zero-order valence-electron chi connectivity index (χ0n) is 22.5. The number of sulfonamides is 1. The van der Waals surface area contributed by atoms with E-state index in [0.29, 0.717) is 17.1 Å². The highest BCUT2D eigenvalue weighted by atomic mass is 32.2. The van der Waals surface area contributed by atoms with Crippen LogP contribution in [0.15, 0.2) is 59.9 Å². The smallest absolute Gasteiger partial charge is 0.285 e. The van der Waals surface area contributed by atoms with E-state index in [2.05, 4.69) is 15.0 Å². The number of aromatic nitrogens is 3. The van der Waals surface area contributed by atoms with E-state index in [-0.39, 0.29) is 29.1 Å². The third-order valence-corrected chi connectivity index (χ3v) is 6.90. The van der Waals surface area contributed by atoms with Gasteiger partial charge in [0.15, 0.2) is 5.82 Å². The molecule has 10 nitrogen and oxygen atoms in total. The minimum absolute atomic E-state index is 0.189. The number of hydrogen-bond acceptors (Lipinski definition) is 9. The summed E-state index contributed by atoms with van der Waals surface area (Å²) in [6.45, 7) is 9.24. The Labute approximate surface area is 231 Å². The SMILES string of the molecule is Cc1cc(C)c(Oc2nc(-c3cc(F)cc(OC(C)C)c3)ccc2C(=O)NS(=O)(=O)c2nccnc2N)c(C)c1. The monoisotopic (exact) mass is 565 g/mol. The van der Waals surface area contributed by atoms with Gasteiger partial charge in [0.2, 0.25) is 10.9 Å². The lowest BCUT2D eigenvalue weighted by Crippen LogP contribution is -2.32. The first kappa shape index (κ1) is 28.4. The fourth-order valence-corrected chi connectivity index (χ4v) is 5.07. The number of halogens is 1. The van der Waals surface area contributed by atoms with Crippen molar-refractivity contribution in [1.29, 1.82) is 0 Å². The molecule has 0 aliphatic heterocycles. The van der Waals surface area contributed by atoms with Crippen molar-refractivity contribution in [3.63, 3.8) is 0 Å². The Hall–Kier alpha value is -4.58. The Kier molecular flexibility index (Phi) is 8.01. The van der Waals surface area contributed by atoms with Crippen LogP contribution in [0.5, 0.6) is 17.4 Å². The van der Waals surface area contributed by atoms with Crippen LogP contribution in [0.25, 0.3) is 11.3 Å². The van der Waals surface area contributed by atoms with Crippen LogP contribution < -0.4 is 19.9 Å². The van der Waals surface area contributed by atoms with E-state index in [4.69, 9.17) is 15.2 Å². The number of nitrogen functional groups attached to an aromatic ring is 1. The van der Waals surface area contributed by atoms with Gasteiger partial charge in [0.1, 0.15) is 22.9 Å². The molecular formula is C28H28FN5O5S. The summed E-state index contributed by atoms with van der Waals surface area (Å²) in [5.74, 6) is -1.41. The molecule has 0 unspecified atom stereocenters. The second-order valence-corrected chi connectivity index (χ2v) is 11.0. The zero-order chi connectivity index (χ0) is 29.2. The molecule has 208 valence electrons. The summed E-state index contributed by atoms with van der Waals surface area (Å²) in [5, 5.41) is -0.599. The molecule has 0 aliphatic rings. The van der Waals surface area contributed by atoms with Gasteiger partial charge in [0.25, 0.3) is 15.9 Å². The summed E-state index contributed by atoms with van der Waals surface area (Å²) in [5.41, 5.74) is 8.65. The molecule has 1 amide bonds. The van der Waals surface area contributed by atoms with Crippen LogP contribution in [0.3, 0.4) is 0 Å². The van der Waals surface area contributed by atoms with Gasteiger partial charge in [-0.2, -0.15) is 8.42 Å². The lowest BCUT2D eigenvalue weighted by molar-refractivity contribution is 0.0978. The summed E-state index contributed by atoms with van der Waals surface area (Å²) in [6.07, 6.45) is 2.17. The number of carbonyl (C=O) groups is 1. The van der Waals surface area contributed by atoms with Gasteiger partial charge in [-0.1, -0.05) is 17.7 Å². The average molecular weight is 566 g/mol. The molecule has 0 bridgehead atoms. The van der Waals surface area contributed by atoms with E-state index in [1.165, 1.54) is 30.5 Å². The maximum atomic E-state index is 14.5. The Balaban J connectivity index is 1.81. The quantitative estimate of drug-likeness (QED) is 0.305. The molecule has 0 saturated heterocycles. The summed E-state index contributed by atoms with van der Waals surface area (Å²) < 4.78 is 53.9. The summed E-state index contributed by atoms with van der Waals surface area (Å²) >= 11 is 0. The maximum Gasteiger partial charge on any atom is 0.285 e. The normalized spacial score (nSPS) is 11.4. The fraction of sp³-hybridized carbons (Fsp3) is 0.214. The van der Waals surface area contributed by atoms with E-state index >= 15 is 0 Å². The highest BCUT2D eigenvalue weighted by Crippen LogP contribution is 2.33. The molecule has 0 fully saturated rings. The number of aryl methyl sites for hydroxylation is 3. The van der Waals surface area contributed by atoms with Crippen LogP contribution in [0, 0.1) is 26.6 Å². The minimum atomic E-state index is -4.48. The lowest BCUT2D eigenvalue weighted by Gasteiger charge is -2.16. The molecular weight excluding hydrogens is 537 g/mol. The number of nitrogens with two attached hydrogens (primary N) is 1. The van der Waals surface area contributed by atoms with E-state index in [0.717, 1.165) is 22.9 Å². The van der Waals surface area contributed by atoms with Crippen LogP contribution in [-0.4, -0.2) is 35.4 Å². The summed E-state index contributed by atoms with van der Waals surface area (Å²) in [7, 11) is -4.48. The Morgan fingerprint density at radius 2 is 1.68 bits per heavy atom.